The fourth-order valence-electron chi connectivity index (χ4n) is 3.38. The molecule has 7 nitrogen and oxygen atoms in total. The molecule has 0 saturated carbocycles. The van der Waals surface area contributed by atoms with Gasteiger partial charge in [0, 0.05) is 18.8 Å². The van der Waals surface area contributed by atoms with Gasteiger partial charge in [-0.1, -0.05) is 11.6 Å². The van der Waals surface area contributed by atoms with Crippen LogP contribution in [0.25, 0.3) is 0 Å². The first-order valence-corrected chi connectivity index (χ1v) is 11.5. The molecule has 1 atom stereocenters. The summed E-state index contributed by atoms with van der Waals surface area (Å²) in [6.07, 6.45) is 1.22. The Balaban J connectivity index is 1.69. The SMILES string of the molecule is CCOc1ccc(NC(=O)[C@@H]2CCCN(S(=O)(=O)c3ccc(OC)c(Cl)c3)C2)cc1. The van der Waals surface area contributed by atoms with E-state index in [1.165, 1.54) is 29.6 Å². The lowest BCUT2D eigenvalue weighted by atomic mass is 9.99. The number of carbonyl (C=O) groups excluding carboxylic acids is 1. The number of hydrogen-bond acceptors (Lipinski definition) is 5. The van der Waals surface area contributed by atoms with E-state index in [2.05, 4.69) is 5.32 Å². The number of anilines is 1. The van der Waals surface area contributed by atoms with Crippen LogP contribution in [-0.2, 0) is 14.8 Å². The Morgan fingerprint density at radius 1 is 1.23 bits per heavy atom. The lowest BCUT2D eigenvalue weighted by molar-refractivity contribution is -0.120. The van der Waals surface area contributed by atoms with Gasteiger partial charge >= 0.3 is 0 Å². The molecule has 1 N–H and O–H groups in total. The fourth-order valence-corrected chi connectivity index (χ4v) is 5.25. The van der Waals surface area contributed by atoms with Gasteiger partial charge in [-0.2, -0.15) is 4.31 Å². The molecule has 30 heavy (non-hydrogen) atoms. The van der Waals surface area contributed by atoms with Crippen molar-refractivity contribution in [3.05, 3.63) is 47.5 Å². The normalized spacial score (nSPS) is 17.4. The monoisotopic (exact) mass is 452 g/mol. The van der Waals surface area contributed by atoms with Crippen LogP contribution < -0.4 is 14.8 Å². The van der Waals surface area contributed by atoms with Crippen molar-refractivity contribution < 1.29 is 22.7 Å². The van der Waals surface area contributed by atoms with Crippen LogP contribution in [-0.4, -0.2) is 45.4 Å². The van der Waals surface area contributed by atoms with Crippen LogP contribution >= 0.6 is 11.6 Å². The maximum Gasteiger partial charge on any atom is 0.243 e. The van der Waals surface area contributed by atoms with Gasteiger partial charge in [-0.05, 0) is 62.2 Å². The third kappa shape index (κ3) is 5.06. The lowest BCUT2D eigenvalue weighted by Crippen LogP contribution is -2.43. The number of carbonyl (C=O) groups is 1. The highest BCUT2D eigenvalue weighted by Crippen LogP contribution is 2.30. The number of nitrogens with one attached hydrogen (secondary N) is 1. The van der Waals surface area contributed by atoms with E-state index in [4.69, 9.17) is 21.1 Å². The van der Waals surface area contributed by atoms with Gasteiger partial charge in [0.05, 0.1) is 29.6 Å². The van der Waals surface area contributed by atoms with Crippen LogP contribution in [0.4, 0.5) is 5.69 Å². The summed E-state index contributed by atoms with van der Waals surface area (Å²) in [5.74, 6) is 0.492. The standard InChI is InChI=1S/C21H25ClN2O5S/c1-3-29-17-8-6-16(7-9-17)23-21(25)15-5-4-12-24(14-15)30(26,27)18-10-11-20(28-2)19(22)13-18/h6-11,13,15H,3-5,12,14H2,1-2H3,(H,23,25)/t15-/m1/s1. The first-order chi connectivity index (χ1) is 14.3. The molecule has 0 bridgehead atoms. The zero-order valence-corrected chi connectivity index (χ0v) is 18.5. The third-order valence-corrected chi connectivity index (χ3v) is 7.11. The summed E-state index contributed by atoms with van der Waals surface area (Å²) in [5.41, 5.74) is 0.644. The molecule has 1 saturated heterocycles. The quantitative estimate of drug-likeness (QED) is 0.690. The Bertz CT molecular complexity index is 995. The molecule has 3 rings (SSSR count). The van der Waals surface area contributed by atoms with Crippen molar-refractivity contribution >= 4 is 33.2 Å². The Labute approximate surface area is 182 Å². The Morgan fingerprint density at radius 2 is 1.97 bits per heavy atom. The van der Waals surface area contributed by atoms with E-state index in [9.17, 15) is 13.2 Å². The van der Waals surface area contributed by atoms with Gasteiger partial charge in [0.2, 0.25) is 15.9 Å². The molecule has 9 heteroatoms. The van der Waals surface area contributed by atoms with Gasteiger partial charge < -0.3 is 14.8 Å². The number of ether oxygens (including phenoxy) is 2. The number of rotatable bonds is 7. The summed E-state index contributed by atoms with van der Waals surface area (Å²) in [4.78, 5) is 12.8. The molecule has 0 aromatic heterocycles. The van der Waals surface area contributed by atoms with Crippen molar-refractivity contribution in [2.45, 2.75) is 24.7 Å². The summed E-state index contributed by atoms with van der Waals surface area (Å²) in [7, 11) is -2.30. The van der Waals surface area contributed by atoms with Gasteiger partial charge in [0.1, 0.15) is 11.5 Å². The van der Waals surface area contributed by atoms with Gasteiger partial charge in [-0.3, -0.25) is 4.79 Å². The largest absolute Gasteiger partial charge is 0.495 e. The van der Waals surface area contributed by atoms with Gasteiger partial charge in [0.25, 0.3) is 0 Å². The van der Waals surface area contributed by atoms with Crippen LogP contribution in [0, 0.1) is 5.92 Å². The minimum atomic E-state index is -3.76. The van der Waals surface area contributed by atoms with E-state index >= 15 is 0 Å². The number of amides is 1. The van der Waals surface area contributed by atoms with Gasteiger partial charge in [0.15, 0.2) is 0 Å². The van der Waals surface area contributed by atoms with E-state index in [-0.39, 0.29) is 22.4 Å². The highest BCUT2D eigenvalue weighted by atomic mass is 35.5. The highest BCUT2D eigenvalue weighted by Gasteiger charge is 2.33. The summed E-state index contributed by atoms with van der Waals surface area (Å²) in [6, 6.07) is 11.5. The number of halogens is 1. The second-order valence-electron chi connectivity index (χ2n) is 6.95. The lowest BCUT2D eigenvalue weighted by Gasteiger charge is -2.31. The molecule has 2 aromatic rings. The molecule has 0 unspecified atom stereocenters. The predicted molar refractivity (Wildman–Crippen MR) is 116 cm³/mol. The van der Waals surface area contributed by atoms with Crippen LogP contribution in [0.1, 0.15) is 19.8 Å². The highest BCUT2D eigenvalue weighted by molar-refractivity contribution is 7.89. The van der Waals surface area contributed by atoms with Crippen LogP contribution in [0.3, 0.4) is 0 Å². The smallest absolute Gasteiger partial charge is 0.243 e. The second-order valence-corrected chi connectivity index (χ2v) is 9.29. The van der Waals surface area contributed by atoms with Crippen LogP contribution in [0.15, 0.2) is 47.4 Å². The number of sulfonamides is 1. The van der Waals surface area contributed by atoms with Crippen molar-refractivity contribution in [3.63, 3.8) is 0 Å². The summed E-state index contributed by atoms with van der Waals surface area (Å²) in [6.45, 7) is 2.95. The van der Waals surface area contributed by atoms with Crippen molar-refractivity contribution in [2.24, 2.45) is 5.92 Å². The van der Waals surface area contributed by atoms with Gasteiger partial charge in [-0.15, -0.1) is 0 Å². The van der Waals surface area contributed by atoms with E-state index in [0.717, 1.165) is 5.75 Å². The zero-order valence-electron chi connectivity index (χ0n) is 16.9. The zero-order chi connectivity index (χ0) is 21.7. The number of nitrogens with zero attached hydrogens (tertiary/aromatic N) is 1. The van der Waals surface area contributed by atoms with Crippen molar-refractivity contribution in [1.29, 1.82) is 0 Å². The molecule has 0 spiro atoms. The first kappa shape index (κ1) is 22.4. The number of hydrogen-bond donors (Lipinski definition) is 1. The van der Waals surface area contributed by atoms with Crippen molar-refractivity contribution in [1.82, 2.24) is 4.31 Å². The van der Waals surface area contributed by atoms with Crippen molar-refractivity contribution in [3.8, 4) is 11.5 Å². The predicted octanol–water partition coefficient (Wildman–Crippen LogP) is 3.79. The molecule has 1 aliphatic heterocycles. The molecule has 1 fully saturated rings. The molecule has 1 aliphatic rings. The minimum absolute atomic E-state index is 0.0841. The maximum atomic E-state index is 13.0. The molecular weight excluding hydrogens is 428 g/mol. The Kier molecular flexibility index (Phi) is 7.23. The second kappa shape index (κ2) is 9.68. The van der Waals surface area contributed by atoms with Gasteiger partial charge in [-0.25, -0.2) is 8.42 Å². The number of benzene rings is 2. The number of methoxy groups -OCH3 is 1. The first-order valence-electron chi connectivity index (χ1n) is 9.72. The molecular formula is C21H25ClN2O5S. The molecule has 0 radical (unpaired) electrons. The fraction of sp³-hybridized carbons (Fsp3) is 0.381. The van der Waals surface area contributed by atoms with Crippen molar-refractivity contribution in [2.75, 3.05) is 32.1 Å². The van der Waals surface area contributed by atoms with E-state index in [0.29, 0.717) is 37.4 Å². The average molecular weight is 453 g/mol. The summed E-state index contributed by atoms with van der Waals surface area (Å²) in [5, 5.41) is 3.09. The molecule has 162 valence electrons. The molecule has 1 amide bonds. The average Bonchev–Trinajstić information content (AvgIpc) is 2.75. The van der Waals surface area contributed by atoms with E-state index in [1.807, 2.05) is 6.92 Å². The molecule has 1 heterocycles. The third-order valence-electron chi connectivity index (χ3n) is 4.95. The van der Waals surface area contributed by atoms with Crippen LogP contribution in [0.5, 0.6) is 11.5 Å². The summed E-state index contributed by atoms with van der Waals surface area (Å²) < 4.78 is 37.9. The van der Waals surface area contributed by atoms with E-state index in [1.54, 1.807) is 24.3 Å². The Morgan fingerprint density at radius 3 is 2.60 bits per heavy atom. The minimum Gasteiger partial charge on any atom is -0.495 e. The summed E-state index contributed by atoms with van der Waals surface area (Å²) >= 11 is 6.09. The Hall–Kier alpha value is -2.29. The molecule has 0 aliphatic carbocycles. The number of piperidine rings is 1. The maximum absolute atomic E-state index is 13.0. The van der Waals surface area contributed by atoms with E-state index < -0.39 is 15.9 Å². The van der Waals surface area contributed by atoms with Crippen LogP contribution in [0.2, 0.25) is 5.02 Å². The topological polar surface area (TPSA) is 84.9 Å². The molecule has 2 aromatic carbocycles.